The minimum Gasteiger partial charge on any atom is -0.387 e. The van der Waals surface area contributed by atoms with Crippen molar-refractivity contribution in [1.29, 1.82) is 0 Å². The molecule has 0 unspecified atom stereocenters. The van der Waals surface area contributed by atoms with Crippen molar-refractivity contribution in [1.82, 2.24) is 9.62 Å². The first-order valence-electron chi connectivity index (χ1n) is 6.27. The molecule has 0 amide bonds. The van der Waals surface area contributed by atoms with Crippen molar-refractivity contribution >= 4 is 10.0 Å². The second-order valence-corrected chi connectivity index (χ2v) is 7.33. The molecular weight excluding hydrogens is 302 g/mol. The number of aliphatic hydroxyl groups is 1. The van der Waals surface area contributed by atoms with Crippen molar-refractivity contribution in [3.63, 3.8) is 0 Å². The molecule has 0 saturated heterocycles. The zero-order valence-electron chi connectivity index (χ0n) is 12.4. The first-order chi connectivity index (χ1) is 9.44. The predicted octanol–water partition coefficient (Wildman–Crippen LogP) is 0.864. The van der Waals surface area contributed by atoms with E-state index in [1.807, 2.05) is 0 Å². The molecule has 1 atom stereocenters. The number of sulfonamides is 1. The summed E-state index contributed by atoms with van der Waals surface area (Å²) in [5.74, 6) is -1.98. The molecule has 1 aromatic rings. The lowest BCUT2D eigenvalue weighted by molar-refractivity contribution is 0.0386. The minimum atomic E-state index is -4.17. The molecule has 1 rings (SSSR count). The van der Waals surface area contributed by atoms with Crippen molar-refractivity contribution in [2.45, 2.75) is 24.3 Å². The molecule has 0 aliphatic heterocycles. The smallest absolute Gasteiger partial charge is 0.243 e. The summed E-state index contributed by atoms with van der Waals surface area (Å²) in [4.78, 5) is 1.05. The average Bonchev–Trinajstić information content (AvgIpc) is 2.30. The summed E-state index contributed by atoms with van der Waals surface area (Å²) < 4.78 is 53.0. The lowest BCUT2D eigenvalue weighted by atomic mass is 10.1. The molecule has 0 spiro atoms. The number of nitrogens with zero attached hydrogens (tertiary/aromatic N) is 1. The van der Waals surface area contributed by atoms with Gasteiger partial charge in [-0.15, -0.1) is 0 Å². The van der Waals surface area contributed by atoms with Gasteiger partial charge in [0.05, 0.1) is 5.60 Å². The highest BCUT2D eigenvalue weighted by Gasteiger charge is 2.27. The van der Waals surface area contributed by atoms with Crippen LogP contribution in [0, 0.1) is 18.6 Å². The third kappa shape index (κ3) is 4.99. The van der Waals surface area contributed by atoms with Gasteiger partial charge in [-0.05, 0) is 39.6 Å². The fourth-order valence-corrected chi connectivity index (χ4v) is 3.21. The van der Waals surface area contributed by atoms with E-state index >= 15 is 0 Å². The molecule has 0 fully saturated rings. The summed E-state index contributed by atoms with van der Waals surface area (Å²) in [6.45, 7) is 2.74. The molecular formula is C13H20F2N2O3S. The van der Waals surface area contributed by atoms with E-state index in [0.717, 1.165) is 6.07 Å². The van der Waals surface area contributed by atoms with E-state index in [1.54, 1.807) is 19.0 Å². The maximum absolute atomic E-state index is 13.6. The van der Waals surface area contributed by atoms with E-state index in [1.165, 1.54) is 13.8 Å². The van der Waals surface area contributed by atoms with E-state index < -0.39 is 32.2 Å². The van der Waals surface area contributed by atoms with Gasteiger partial charge in [-0.25, -0.2) is 21.9 Å². The number of halogens is 2. The van der Waals surface area contributed by atoms with Crippen LogP contribution in [-0.2, 0) is 10.0 Å². The monoisotopic (exact) mass is 322 g/mol. The molecule has 0 aliphatic rings. The minimum absolute atomic E-state index is 0.0248. The summed E-state index contributed by atoms with van der Waals surface area (Å²) >= 11 is 0. The Labute approximate surface area is 123 Å². The van der Waals surface area contributed by atoms with Crippen molar-refractivity contribution < 1.29 is 22.3 Å². The van der Waals surface area contributed by atoms with Crippen LogP contribution in [0.25, 0.3) is 0 Å². The van der Waals surface area contributed by atoms with Gasteiger partial charge < -0.3 is 10.0 Å². The summed E-state index contributed by atoms with van der Waals surface area (Å²) in [7, 11) is -0.713. The van der Waals surface area contributed by atoms with Crippen LogP contribution in [0.3, 0.4) is 0 Å². The summed E-state index contributed by atoms with van der Waals surface area (Å²) in [5.41, 5.74) is -1.29. The number of hydrogen-bond donors (Lipinski definition) is 2. The Morgan fingerprint density at radius 2 is 1.86 bits per heavy atom. The number of likely N-dealkylation sites (N-methyl/N-ethyl adjacent to an activating group) is 1. The van der Waals surface area contributed by atoms with Gasteiger partial charge in [-0.2, -0.15) is 0 Å². The van der Waals surface area contributed by atoms with Gasteiger partial charge in [0, 0.05) is 19.2 Å². The number of rotatable bonds is 6. The Kier molecular flexibility index (Phi) is 5.43. The van der Waals surface area contributed by atoms with Crippen molar-refractivity contribution in [2.75, 3.05) is 27.2 Å². The van der Waals surface area contributed by atoms with Crippen LogP contribution >= 0.6 is 0 Å². The largest absolute Gasteiger partial charge is 0.387 e. The fraction of sp³-hybridized carbons (Fsp3) is 0.538. The van der Waals surface area contributed by atoms with Gasteiger partial charge in [-0.3, -0.25) is 0 Å². The van der Waals surface area contributed by atoms with Gasteiger partial charge in [0.1, 0.15) is 16.5 Å². The first-order valence-corrected chi connectivity index (χ1v) is 7.75. The van der Waals surface area contributed by atoms with Gasteiger partial charge in [0.25, 0.3) is 0 Å². The molecule has 120 valence electrons. The first kappa shape index (κ1) is 18.0. The summed E-state index contributed by atoms with van der Waals surface area (Å²) in [6.07, 6.45) is 0. The molecule has 0 aliphatic carbocycles. The molecule has 5 nitrogen and oxygen atoms in total. The van der Waals surface area contributed by atoms with Crippen molar-refractivity contribution in [2.24, 2.45) is 0 Å². The molecule has 2 N–H and O–H groups in total. The zero-order valence-corrected chi connectivity index (χ0v) is 13.3. The lowest BCUT2D eigenvalue weighted by Crippen LogP contribution is -2.47. The Balaban J connectivity index is 2.95. The fourth-order valence-electron chi connectivity index (χ4n) is 1.90. The average molecular weight is 322 g/mol. The SMILES string of the molecule is Cc1cc(S(=O)(=O)NC[C@](C)(O)CN(C)C)c(F)cc1F. The topological polar surface area (TPSA) is 69.6 Å². The molecule has 0 radical (unpaired) electrons. The van der Waals surface area contributed by atoms with E-state index in [-0.39, 0.29) is 18.7 Å². The Morgan fingerprint density at radius 1 is 1.29 bits per heavy atom. The highest BCUT2D eigenvalue weighted by Crippen LogP contribution is 2.19. The summed E-state index contributed by atoms with van der Waals surface area (Å²) in [6, 6.07) is 1.45. The van der Waals surface area contributed by atoms with Crippen LogP contribution in [0.5, 0.6) is 0 Å². The zero-order chi connectivity index (χ0) is 16.4. The Morgan fingerprint density at radius 3 is 2.38 bits per heavy atom. The molecule has 21 heavy (non-hydrogen) atoms. The summed E-state index contributed by atoms with van der Waals surface area (Å²) in [5, 5.41) is 10.0. The van der Waals surface area contributed by atoms with E-state index in [0.29, 0.717) is 6.07 Å². The van der Waals surface area contributed by atoms with Gasteiger partial charge in [0.15, 0.2) is 0 Å². The van der Waals surface area contributed by atoms with Crippen LogP contribution in [0.15, 0.2) is 17.0 Å². The maximum Gasteiger partial charge on any atom is 0.243 e. The Bertz CT molecular complexity index is 616. The number of benzene rings is 1. The molecule has 8 heteroatoms. The quantitative estimate of drug-likeness (QED) is 0.815. The van der Waals surface area contributed by atoms with Crippen molar-refractivity contribution in [3.8, 4) is 0 Å². The van der Waals surface area contributed by atoms with Gasteiger partial charge in [-0.1, -0.05) is 0 Å². The number of hydrogen-bond acceptors (Lipinski definition) is 4. The standard InChI is InChI=1S/C13H20F2N2O3S/c1-9-5-12(11(15)6-10(9)14)21(19,20)16-7-13(2,18)8-17(3)4/h5-6,16,18H,7-8H2,1-4H3/t13-/m0/s1. The molecule has 0 aromatic heterocycles. The molecule has 0 saturated carbocycles. The highest BCUT2D eigenvalue weighted by atomic mass is 32.2. The molecule has 0 bridgehead atoms. The van der Waals surface area contributed by atoms with E-state index in [9.17, 15) is 22.3 Å². The number of aryl methyl sites for hydroxylation is 1. The second-order valence-electron chi connectivity index (χ2n) is 5.59. The maximum atomic E-state index is 13.6. The number of nitrogens with one attached hydrogen (secondary N) is 1. The molecule has 0 heterocycles. The lowest BCUT2D eigenvalue weighted by Gasteiger charge is -2.27. The predicted molar refractivity (Wildman–Crippen MR) is 75.5 cm³/mol. The van der Waals surface area contributed by atoms with Crippen LogP contribution < -0.4 is 4.72 Å². The van der Waals surface area contributed by atoms with Crippen LogP contribution in [0.2, 0.25) is 0 Å². The second kappa shape index (κ2) is 6.35. The van der Waals surface area contributed by atoms with Gasteiger partial charge in [0.2, 0.25) is 10.0 Å². The van der Waals surface area contributed by atoms with Crippen LogP contribution in [0.1, 0.15) is 12.5 Å². The van der Waals surface area contributed by atoms with Gasteiger partial charge >= 0.3 is 0 Å². The third-order valence-electron chi connectivity index (χ3n) is 2.80. The highest BCUT2D eigenvalue weighted by molar-refractivity contribution is 7.89. The van der Waals surface area contributed by atoms with Crippen LogP contribution in [0.4, 0.5) is 8.78 Å². The van der Waals surface area contributed by atoms with E-state index in [2.05, 4.69) is 4.72 Å². The Hall–Kier alpha value is -1.09. The third-order valence-corrected chi connectivity index (χ3v) is 4.22. The van der Waals surface area contributed by atoms with E-state index in [4.69, 9.17) is 0 Å². The van der Waals surface area contributed by atoms with Crippen LogP contribution in [-0.4, -0.2) is 51.2 Å². The normalized spacial score (nSPS) is 15.2. The molecule has 1 aromatic carbocycles. The van der Waals surface area contributed by atoms with Crippen molar-refractivity contribution in [3.05, 3.63) is 29.3 Å².